The second-order valence-electron chi connectivity index (χ2n) is 11.2. The molecule has 1 unspecified atom stereocenters. The first-order chi connectivity index (χ1) is 17.6. The van der Waals surface area contributed by atoms with E-state index in [1.165, 1.54) is 11.1 Å². The molecule has 0 aliphatic carbocycles. The van der Waals surface area contributed by atoms with Crippen molar-refractivity contribution < 1.29 is 5.11 Å². The van der Waals surface area contributed by atoms with Gasteiger partial charge < -0.3 is 10.4 Å². The van der Waals surface area contributed by atoms with E-state index in [0.29, 0.717) is 22.8 Å². The first kappa shape index (κ1) is 25.1. The van der Waals surface area contributed by atoms with E-state index in [1.807, 2.05) is 45.2 Å². The van der Waals surface area contributed by atoms with Crippen molar-refractivity contribution in [2.75, 3.05) is 19.0 Å². The van der Waals surface area contributed by atoms with E-state index < -0.39 is 0 Å². The van der Waals surface area contributed by atoms with Crippen LogP contribution in [0.2, 0.25) is 0 Å². The van der Waals surface area contributed by atoms with Gasteiger partial charge in [0, 0.05) is 41.6 Å². The van der Waals surface area contributed by atoms with E-state index in [2.05, 4.69) is 48.1 Å². The molecule has 37 heavy (non-hydrogen) atoms. The van der Waals surface area contributed by atoms with Crippen LogP contribution in [0.5, 0.6) is 0 Å². The number of hydrogen-bond donors (Lipinski definition) is 2. The fraction of sp³-hybridized carbons (Fsp3) is 0.429. The summed E-state index contributed by atoms with van der Waals surface area (Å²) >= 11 is 0. The van der Waals surface area contributed by atoms with Crippen LogP contribution >= 0.6 is 0 Å². The predicted octanol–water partition coefficient (Wildman–Crippen LogP) is 3.95. The minimum absolute atomic E-state index is 0.101. The summed E-state index contributed by atoms with van der Waals surface area (Å²) in [5, 5.41) is 13.5. The van der Waals surface area contributed by atoms with Gasteiger partial charge in [0.1, 0.15) is 5.39 Å². The van der Waals surface area contributed by atoms with E-state index >= 15 is 0 Å². The number of benzene rings is 1. The number of fused-ring (bicyclic) bond motifs is 2. The second-order valence-corrected chi connectivity index (χ2v) is 11.2. The number of hydrogen-bond acceptors (Lipinski definition) is 7. The highest BCUT2D eigenvalue weighted by Gasteiger charge is 2.24. The number of anilines is 2. The van der Waals surface area contributed by atoms with E-state index in [0.717, 1.165) is 24.3 Å². The highest BCUT2D eigenvalue weighted by molar-refractivity contribution is 5.77. The SMILES string of the molecule is CC(C)n1c(=O)c2cnc(Nc3ccc4c(c3)CC(CO)N(C)C4)nc2n1-c1cccc(C(C)(C)C)n1. The third-order valence-electron chi connectivity index (χ3n) is 7.00. The number of rotatable bonds is 5. The molecule has 1 aliphatic heterocycles. The van der Waals surface area contributed by atoms with Crippen molar-refractivity contribution in [3.8, 4) is 5.82 Å². The number of aliphatic hydroxyl groups is 1. The summed E-state index contributed by atoms with van der Waals surface area (Å²) in [6, 6.07) is 12.1. The van der Waals surface area contributed by atoms with Crippen LogP contribution in [0.4, 0.5) is 11.6 Å². The Balaban J connectivity index is 1.58. The Labute approximate surface area is 216 Å². The van der Waals surface area contributed by atoms with Gasteiger partial charge in [0.25, 0.3) is 5.56 Å². The van der Waals surface area contributed by atoms with E-state index in [9.17, 15) is 9.90 Å². The normalized spacial score (nSPS) is 16.4. The lowest BCUT2D eigenvalue weighted by Gasteiger charge is -2.33. The van der Waals surface area contributed by atoms with Crippen LogP contribution in [0, 0.1) is 0 Å². The van der Waals surface area contributed by atoms with Crippen LogP contribution in [-0.4, -0.2) is 54.0 Å². The first-order valence-corrected chi connectivity index (χ1v) is 12.7. The molecule has 0 radical (unpaired) electrons. The maximum absolute atomic E-state index is 13.4. The van der Waals surface area contributed by atoms with Gasteiger partial charge in [0.2, 0.25) is 5.95 Å². The van der Waals surface area contributed by atoms with Gasteiger partial charge in [-0.15, -0.1) is 0 Å². The summed E-state index contributed by atoms with van der Waals surface area (Å²) in [5.41, 5.74) is 4.48. The number of nitrogens with zero attached hydrogens (tertiary/aromatic N) is 6. The quantitative estimate of drug-likeness (QED) is 0.427. The zero-order valence-corrected chi connectivity index (χ0v) is 22.4. The molecule has 0 fully saturated rings. The summed E-state index contributed by atoms with van der Waals surface area (Å²) < 4.78 is 3.49. The van der Waals surface area contributed by atoms with Crippen molar-refractivity contribution in [2.24, 2.45) is 0 Å². The number of pyridine rings is 1. The molecule has 4 aromatic rings. The van der Waals surface area contributed by atoms with Gasteiger partial charge in [0.15, 0.2) is 11.5 Å². The smallest absolute Gasteiger partial charge is 0.278 e. The molecule has 1 atom stereocenters. The summed E-state index contributed by atoms with van der Waals surface area (Å²) in [5.74, 6) is 1.05. The standard InChI is InChI=1S/C28H35N7O2/c1-17(2)34-26(37)22-14-29-27(30-20-11-10-18-15-33(6)21(16-36)13-19(18)12-20)32-25(22)35(34)24-9-7-8-23(31-24)28(3,4)5/h7-12,14,17,21,36H,13,15-16H2,1-6H3,(H,29,30,32). The third-order valence-corrected chi connectivity index (χ3v) is 7.00. The maximum Gasteiger partial charge on any atom is 0.278 e. The van der Waals surface area contributed by atoms with Crippen LogP contribution in [0.25, 0.3) is 16.9 Å². The van der Waals surface area contributed by atoms with Crippen molar-refractivity contribution in [3.05, 3.63) is 69.8 Å². The van der Waals surface area contributed by atoms with Gasteiger partial charge in [0.05, 0.1) is 6.61 Å². The van der Waals surface area contributed by atoms with Crippen LogP contribution < -0.4 is 10.9 Å². The van der Waals surface area contributed by atoms with E-state index in [4.69, 9.17) is 9.97 Å². The van der Waals surface area contributed by atoms with Gasteiger partial charge in [-0.1, -0.05) is 32.9 Å². The molecule has 0 saturated carbocycles. The van der Waals surface area contributed by atoms with Crippen LogP contribution in [0.1, 0.15) is 57.5 Å². The first-order valence-electron chi connectivity index (χ1n) is 12.7. The highest BCUT2D eigenvalue weighted by atomic mass is 16.3. The Morgan fingerprint density at radius 2 is 1.92 bits per heavy atom. The lowest BCUT2D eigenvalue weighted by Crippen LogP contribution is -2.39. The van der Waals surface area contributed by atoms with E-state index in [1.54, 1.807) is 15.6 Å². The number of nitrogens with one attached hydrogen (secondary N) is 1. The number of aromatic nitrogens is 5. The molecule has 4 heterocycles. The lowest BCUT2D eigenvalue weighted by atomic mass is 9.92. The average molecular weight is 502 g/mol. The molecule has 9 nitrogen and oxygen atoms in total. The van der Waals surface area contributed by atoms with Gasteiger partial charge in [-0.05, 0) is 62.7 Å². The zero-order valence-electron chi connectivity index (χ0n) is 22.4. The lowest BCUT2D eigenvalue weighted by molar-refractivity contribution is 0.131. The van der Waals surface area contributed by atoms with Crippen LogP contribution in [0.3, 0.4) is 0 Å². The van der Waals surface area contributed by atoms with Gasteiger partial charge in [-0.25, -0.2) is 19.3 Å². The highest BCUT2D eigenvalue weighted by Crippen LogP contribution is 2.27. The van der Waals surface area contributed by atoms with Gasteiger partial charge in [-0.2, -0.15) is 4.98 Å². The third kappa shape index (κ3) is 4.65. The fourth-order valence-corrected chi connectivity index (χ4v) is 4.89. The zero-order chi connectivity index (χ0) is 26.5. The molecule has 1 aromatic carbocycles. The van der Waals surface area contributed by atoms with Crippen molar-refractivity contribution >= 4 is 22.7 Å². The molecular formula is C28H35N7O2. The molecule has 0 amide bonds. The van der Waals surface area contributed by atoms with Crippen LogP contribution in [-0.2, 0) is 18.4 Å². The molecule has 5 rings (SSSR count). The minimum Gasteiger partial charge on any atom is -0.395 e. The summed E-state index contributed by atoms with van der Waals surface area (Å²) in [6.07, 6.45) is 2.37. The van der Waals surface area contributed by atoms with Crippen molar-refractivity contribution in [1.29, 1.82) is 0 Å². The molecule has 2 N–H and O–H groups in total. The fourth-order valence-electron chi connectivity index (χ4n) is 4.89. The molecular weight excluding hydrogens is 466 g/mol. The molecule has 194 valence electrons. The molecule has 0 bridgehead atoms. The summed E-state index contributed by atoms with van der Waals surface area (Å²) in [4.78, 5) is 29.7. The molecule has 0 spiro atoms. The topological polar surface area (TPSA) is 101 Å². The molecule has 0 saturated heterocycles. The average Bonchev–Trinajstić information content (AvgIpc) is 3.15. The largest absolute Gasteiger partial charge is 0.395 e. The Bertz CT molecular complexity index is 1510. The Morgan fingerprint density at radius 3 is 2.62 bits per heavy atom. The van der Waals surface area contributed by atoms with E-state index in [-0.39, 0.29) is 29.7 Å². The Morgan fingerprint density at radius 1 is 1.14 bits per heavy atom. The molecule has 3 aromatic heterocycles. The number of aliphatic hydroxyl groups excluding tert-OH is 1. The minimum atomic E-state index is -0.146. The maximum atomic E-state index is 13.4. The number of likely N-dealkylation sites (N-methyl/N-ethyl adjacent to an activating group) is 1. The predicted molar refractivity (Wildman–Crippen MR) is 146 cm³/mol. The van der Waals surface area contributed by atoms with Crippen molar-refractivity contribution in [2.45, 2.75) is 65.1 Å². The Kier molecular flexibility index (Phi) is 6.37. The van der Waals surface area contributed by atoms with Crippen molar-refractivity contribution in [1.82, 2.24) is 29.2 Å². The van der Waals surface area contributed by atoms with Gasteiger partial charge >= 0.3 is 0 Å². The Hall–Kier alpha value is -3.56. The monoisotopic (exact) mass is 501 g/mol. The van der Waals surface area contributed by atoms with Gasteiger partial charge in [-0.3, -0.25) is 9.69 Å². The second kappa shape index (κ2) is 9.39. The summed E-state index contributed by atoms with van der Waals surface area (Å²) in [6.45, 7) is 11.2. The van der Waals surface area contributed by atoms with Crippen LogP contribution in [0.15, 0.2) is 47.4 Å². The van der Waals surface area contributed by atoms with Crippen molar-refractivity contribution in [3.63, 3.8) is 0 Å². The summed E-state index contributed by atoms with van der Waals surface area (Å²) in [7, 11) is 2.04. The molecule has 9 heteroatoms. The molecule has 1 aliphatic rings.